The Balaban J connectivity index is 1.46. The molecule has 3 heteroatoms. The molecule has 0 fully saturated rings. The number of pyridine rings is 1. The summed E-state index contributed by atoms with van der Waals surface area (Å²) in [4.78, 5) is 8.72. The van der Waals surface area contributed by atoms with E-state index in [0.717, 1.165) is 43.7 Å². The molecule has 25 heavy (non-hydrogen) atoms. The Morgan fingerprint density at radius 2 is 2.12 bits per heavy atom. The van der Waals surface area contributed by atoms with Gasteiger partial charge in [0.15, 0.2) is 0 Å². The van der Waals surface area contributed by atoms with Gasteiger partial charge in [-0.05, 0) is 54.3 Å². The van der Waals surface area contributed by atoms with Gasteiger partial charge < -0.3 is 9.80 Å². The van der Waals surface area contributed by atoms with Crippen LogP contribution in [0.3, 0.4) is 0 Å². The molecule has 1 aromatic rings. The van der Waals surface area contributed by atoms with Crippen LogP contribution in [0, 0.1) is 11.8 Å². The number of nitrogens with zero attached hydrogens (tertiary/aromatic N) is 3. The number of allylic oxidation sites excluding steroid dienone is 6. The molecule has 0 N–H and O–H groups in total. The van der Waals surface area contributed by atoms with E-state index in [1.54, 1.807) is 0 Å². The van der Waals surface area contributed by atoms with Gasteiger partial charge in [0, 0.05) is 33.6 Å². The van der Waals surface area contributed by atoms with Crippen LogP contribution >= 0.6 is 0 Å². The lowest BCUT2D eigenvalue weighted by molar-refractivity contribution is 0.420. The summed E-state index contributed by atoms with van der Waals surface area (Å²) in [6.45, 7) is 1.91. The third kappa shape index (κ3) is 4.87. The first-order valence-electron chi connectivity index (χ1n) is 8.81. The van der Waals surface area contributed by atoms with Crippen molar-refractivity contribution < 1.29 is 0 Å². The molecule has 3 nitrogen and oxygen atoms in total. The summed E-state index contributed by atoms with van der Waals surface area (Å²) in [6.07, 6.45) is 18.4. The molecule has 0 radical (unpaired) electrons. The molecule has 1 aliphatic carbocycles. The summed E-state index contributed by atoms with van der Waals surface area (Å²) < 4.78 is 0. The van der Waals surface area contributed by atoms with E-state index in [-0.39, 0.29) is 0 Å². The Morgan fingerprint density at radius 1 is 1.20 bits per heavy atom. The third-order valence-corrected chi connectivity index (χ3v) is 4.39. The second kappa shape index (κ2) is 8.39. The second-order valence-corrected chi connectivity index (χ2v) is 6.46. The van der Waals surface area contributed by atoms with E-state index < -0.39 is 0 Å². The van der Waals surface area contributed by atoms with Gasteiger partial charge >= 0.3 is 0 Å². The van der Waals surface area contributed by atoms with Crippen molar-refractivity contribution in [3.05, 3.63) is 71.7 Å². The Labute approximate surface area is 151 Å². The highest BCUT2D eigenvalue weighted by molar-refractivity contribution is 5.45. The lowest BCUT2D eigenvalue weighted by Gasteiger charge is -2.23. The van der Waals surface area contributed by atoms with Gasteiger partial charge in [-0.3, -0.25) is 0 Å². The highest BCUT2D eigenvalue weighted by Gasteiger charge is 2.08. The van der Waals surface area contributed by atoms with Gasteiger partial charge in [0.05, 0.1) is 11.9 Å². The fraction of sp³-hybridized carbons (Fsp3) is 0.318. The fourth-order valence-corrected chi connectivity index (χ4v) is 2.85. The molecule has 0 atom stereocenters. The largest absolute Gasteiger partial charge is 0.376 e. The van der Waals surface area contributed by atoms with E-state index in [2.05, 4.69) is 58.3 Å². The molecule has 0 aromatic carbocycles. The first-order chi connectivity index (χ1) is 12.2. The average Bonchev–Trinajstić information content (AvgIpc) is 2.67. The normalized spacial score (nSPS) is 16.0. The van der Waals surface area contributed by atoms with Crippen molar-refractivity contribution in [2.75, 3.05) is 32.1 Å². The molecule has 2 heterocycles. The van der Waals surface area contributed by atoms with Crippen molar-refractivity contribution in [1.82, 2.24) is 9.88 Å². The number of aromatic nitrogens is 1. The summed E-state index contributed by atoms with van der Waals surface area (Å²) in [5.74, 6) is 6.38. The Hall–Kier alpha value is -2.73. The topological polar surface area (TPSA) is 19.4 Å². The average molecular weight is 331 g/mol. The van der Waals surface area contributed by atoms with E-state index in [0.29, 0.717) is 0 Å². The Morgan fingerprint density at radius 3 is 2.76 bits per heavy atom. The van der Waals surface area contributed by atoms with E-state index in [4.69, 9.17) is 0 Å². The van der Waals surface area contributed by atoms with Crippen LogP contribution in [0.15, 0.2) is 66.1 Å². The molecule has 2 aliphatic rings. The minimum absolute atomic E-state index is 0.833. The zero-order valence-electron chi connectivity index (χ0n) is 15.1. The molecule has 128 valence electrons. The summed E-state index contributed by atoms with van der Waals surface area (Å²) in [5, 5.41) is 0. The second-order valence-electron chi connectivity index (χ2n) is 6.46. The number of anilines is 1. The number of rotatable bonds is 4. The molecular formula is C22H25N3. The minimum atomic E-state index is 0.833. The quantitative estimate of drug-likeness (QED) is 0.616. The smallest absolute Gasteiger partial charge is 0.113 e. The first-order valence-corrected chi connectivity index (χ1v) is 8.81. The fourth-order valence-electron chi connectivity index (χ4n) is 2.85. The van der Waals surface area contributed by atoms with E-state index in [1.807, 2.05) is 37.3 Å². The summed E-state index contributed by atoms with van der Waals surface area (Å²) >= 11 is 0. The molecule has 3 rings (SSSR count). The summed E-state index contributed by atoms with van der Waals surface area (Å²) in [6, 6.07) is 4.02. The van der Waals surface area contributed by atoms with Gasteiger partial charge in [-0.2, -0.15) is 0 Å². The maximum atomic E-state index is 4.38. The van der Waals surface area contributed by atoms with Crippen molar-refractivity contribution in [3.63, 3.8) is 0 Å². The van der Waals surface area contributed by atoms with Crippen LogP contribution in [0.2, 0.25) is 0 Å². The molecule has 0 saturated carbocycles. The molecule has 0 unspecified atom stereocenters. The van der Waals surface area contributed by atoms with Crippen molar-refractivity contribution in [2.45, 2.75) is 19.3 Å². The minimum Gasteiger partial charge on any atom is -0.376 e. The van der Waals surface area contributed by atoms with E-state index in [9.17, 15) is 0 Å². The predicted molar refractivity (Wildman–Crippen MR) is 105 cm³/mol. The van der Waals surface area contributed by atoms with Crippen LogP contribution in [-0.2, 0) is 0 Å². The zero-order valence-corrected chi connectivity index (χ0v) is 15.1. The van der Waals surface area contributed by atoms with Gasteiger partial charge in [0.1, 0.15) is 5.69 Å². The molecule has 1 aromatic heterocycles. The summed E-state index contributed by atoms with van der Waals surface area (Å²) in [5.41, 5.74) is 4.75. The lowest BCUT2D eigenvalue weighted by Crippen LogP contribution is -2.21. The Bertz CT molecular complexity index is 768. The monoisotopic (exact) mass is 331 g/mol. The van der Waals surface area contributed by atoms with Gasteiger partial charge in [0.2, 0.25) is 0 Å². The maximum Gasteiger partial charge on any atom is 0.113 e. The first kappa shape index (κ1) is 17.1. The van der Waals surface area contributed by atoms with Gasteiger partial charge in [0.25, 0.3) is 0 Å². The van der Waals surface area contributed by atoms with Crippen LogP contribution < -0.4 is 4.90 Å². The van der Waals surface area contributed by atoms with E-state index in [1.165, 1.54) is 11.1 Å². The third-order valence-electron chi connectivity index (χ3n) is 4.39. The SMILES string of the molecule is CN(C)c1ccc(C#CCCN2C=CC(C3=CCC=CC3)=CC2)nc1. The number of hydrogen-bond donors (Lipinski definition) is 0. The van der Waals surface area contributed by atoms with Crippen LogP contribution in [0.1, 0.15) is 25.0 Å². The zero-order chi connectivity index (χ0) is 17.5. The predicted octanol–water partition coefficient (Wildman–Crippen LogP) is 3.92. The molecule has 0 saturated heterocycles. The molecule has 0 spiro atoms. The molecular weight excluding hydrogens is 306 g/mol. The van der Waals surface area contributed by atoms with Gasteiger partial charge in [-0.25, -0.2) is 4.98 Å². The van der Waals surface area contributed by atoms with Crippen LogP contribution in [0.25, 0.3) is 0 Å². The standard InChI is InChI=1S/C22H25N3/c1-24(2)22-12-11-21(23-18-22)10-6-7-15-25-16-13-20(14-17-25)19-8-4-3-5-9-19/h3-4,9,11-14,16,18H,5,7-8,15,17H2,1-2H3. The van der Waals surface area contributed by atoms with Crippen molar-refractivity contribution in [2.24, 2.45) is 0 Å². The van der Waals surface area contributed by atoms with E-state index >= 15 is 0 Å². The van der Waals surface area contributed by atoms with Gasteiger partial charge in [-0.15, -0.1) is 0 Å². The van der Waals surface area contributed by atoms with Crippen molar-refractivity contribution >= 4 is 5.69 Å². The van der Waals surface area contributed by atoms with Gasteiger partial charge in [-0.1, -0.05) is 30.2 Å². The van der Waals surface area contributed by atoms with Crippen LogP contribution in [0.5, 0.6) is 0 Å². The number of hydrogen-bond acceptors (Lipinski definition) is 3. The summed E-state index contributed by atoms with van der Waals surface area (Å²) in [7, 11) is 4.02. The molecule has 0 bridgehead atoms. The van der Waals surface area contributed by atoms with Crippen molar-refractivity contribution in [3.8, 4) is 11.8 Å². The Kier molecular flexibility index (Phi) is 5.74. The highest BCUT2D eigenvalue weighted by atomic mass is 15.1. The van der Waals surface area contributed by atoms with Crippen molar-refractivity contribution in [1.29, 1.82) is 0 Å². The lowest BCUT2D eigenvalue weighted by atomic mass is 9.96. The highest BCUT2D eigenvalue weighted by Crippen LogP contribution is 2.23. The molecule has 0 amide bonds. The van der Waals surface area contributed by atoms with Crippen LogP contribution in [0.4, 0.5) is 5.69 Å². The van der Waals surface area contributed by atoms with Crippen LogP contribution in [-0.4, -0.2) is 37.1 Å². The molecule has 1 aliphatic heterocycles. The maximum absolute atomic E-state index is 4.38.